The molecule has 0 radical (unpaired) electrons. The fourth-order valence-corrected chi connectivity index (χ4v) is 4.60. The van der Waals surface area contributed by atoms with Crippen molar-refractivity contribution in [2.75, 3.05) is 18.0 Å². The molecule has 2 fully saturated rings. The highest BCUT2D eigenvalue weighted by Gasteiger charge is 2.53. The molecule has 0 aromatic heterocycles. The number of carbonyl (C=O) groups excluding carboxylic acids is 2. The minimum Gasteiger partial charge on any atom is -0.483 e. The van der Waals surface area contributed by atoms with Gasteiger partial charge in [-0.3, -0.25) is 9.59 Å². The van der Waals surface area contributed by atoms with Crippen LogP contribution in [0, 0.1) is 13.8 Å². The van der Waals surface area contributed by atoms with Crippen LogP contribution in [0.25, 0.3) is 0 Å². The summed E-state index contributed by atoms with van der Waals surface area (Å²) < 4.78 is 0. The van der Waals surface area contributed by atoms with E-state index in [4.69, 9.17) is 9.90 Å². The molecule has 2 aliphatic rings. The highest BCUT2D eigenvalue weighted by Crippen LogP contribution is 2.39. The number of urea groups is 1. The van der Waals surface area contributed by atoms with Gasteiger partial charge < -0.3 is 20.2 Å². The number of likely N-dealkylation sites (tertiary alicyclic amines) is 1. The lowest BCUT2D eigenvalue weighted by molar-refractivity contribution is -0.129. The highest BCUT2D eigenvalue weighted by molar-refractivity contribution is 6.03. The van der Waals surface area contributed by atoms with Crippen LogP contribution in [-0.4, -0.2) is 47.0 Å². The van der Waals surface area contributed by atoms with Crippen molar-refractivity contribution >= 4 is 24.1 Å². The molecule has 1 unspecified atom stereocenters. The van der Waals surface area contributed by atoms with Crippen molar-refractivity contribution in [3.63, 3.8) is 0 Å². The van der Waals surface area contributed by atoms with E-state index in [1.54, 1.807) is 4.90 Å². The van der Waals surface area contributed by atoms with Crippen molar-refractivity contribution in [2.45, 2.75) is 51.6 Å². The number of carbonyl (C=O) groups is 3. The SMILES string of the molecule is Cc1ccc(CNC(=O)N2CCCC23CCCN(c2ccc(C)cc2)C3=O)cc1.O=CO. The van der Waals surface area contributed by atoms with Gasteiger partial charge in [-0.2, -0.15) is 0 Å². The summed E-state index contributed by atoms with van der Waals surface area (Å²) in [5, 5.41) is 9.92. The zero-order chi connectivity index (χ0) is 23.1. The first-order chi connectivity index (χ1) is 15.4. The molecule has 7 nitrogen and oxygen atoms in total. The van der Waals surface area contributed by atoms with Gasteiger partial charge >= 0.3 is 6.03 Å². The normalized spacial score (nSPS) is 20.0. The number of piperidine rings is 1. The maximum absolute atomic E-state index is 13.6. The van der Waals surface area contributed by atoms with E-state index >= 15 is 0 Å². The number of hydrogen-bond acceptors (Lipinski definition) is 3. The summed E-state index contributed by atoms with van der Waals surface area (Å²) in [7, 11) is 0. The molecule has 0 saturated carbocycles. The quantitative estimate of drug-likeness (QED) is 0.713. The van der Waals surface area contributed by atoms with E-state index in [0.29, 0.717) is 19.6 Å². The van der Waals surface area contributed by atoms with Gasteiger partial charge in [-0.1, -0.05) is 47.5 Å². The Hall–Kier alpha value is -3.35. The molecule has 1 atom stereocenters. The predicted molar refractivity (Wildman–Crippen MR) is 124 cm³/mol. The molecule has 0 aliphatic carbocycles. The number of aryl methyl sites for hydroxylation is 2. The van der Waals surface area contributed by atoms with Crippen LogP contribution in [0.5, 0.6) is 0 Å². The third-order valence-corrected chi connectivity index (χ3v) is 6.26. The van der Waals surface area contributed by atoms with Gasteiger partial charge in [0.15, 0.2) is 0 Å². The summed E-state index contributed by atoms with van der Waals surface area (Å²) in [6.45, 7) is 5.66. The largest absolute Gasteiger partial charge is 0.483 e. The van der Waals surface area contributed by atoms with Crippen LogP contribution >= 0.6 is 0 Å². The summed E-state index contributed by atoms with van der Waals surface area (Å²) >= 11 is 0. The Kier molecular flexibility index (Phi) is 7.51. The molecule has 1 spiro atoms. The van der Waals surface area contributed by atoms with Gasteiger partial charge in [-0.15, -0.1) is 0 Å². The molecule has 7 heteroatoms. The number of anilines is 1. The first-order valence-electron chi connectivity index (χ1n) is 11.0. The summed E-state index contributed by atoms with van der Waals surface area (Å²) in [4.78, 5) is 38.6. The van der Waals surface area contributed by atoms with Gasteiger partial charge in [0.1, 0.15) is 5.54 Å². The smallest absolute Gasteiger partial charge is 0.318 e. The Balaban J connectivity index is 0.000000913. The fraction of sp³-hybridized carbons (Fsp3) is 0.400. The molecule has 32 heavy (non-hydrogen) atoms. The Morgan fingerprint density at radius 2 is 1.53 bits per heavy atom. The molecule has 2 saturated heterocycles. The van der Waals surface area contributed by atoms with Crippen LogP contribution in [0.4, 0.5) is 10.5 Å². The summed E-state index contributed by atoms with van der Waals surface area (Å²) in [5.74, 6) is 0.0654. The number of benzene rings is 2. The van der Waals surface area contributed by atoms with E-state index in [1.807, 2.05) is 67.3 Å². The minimum absolute atomic E-state index is 0.0654. The molecule has 2 aromatic carbocycles. The van der Waals surface area contributed by atoms with Crippen LogP contribution in [0.2, 0.25) is 0 Å². The maximum atomic E-state index is 13.6. The second kappa shape index (κ2) is 10.3. The number of amides is 3. The zero-order valence-corrected chi connectivity index (χ0v) is 18.7. The van der Waals surface area contributed by atoms with Crippen molar-refractivity contribution in [1.82, 2.24) is 10.2 Å². The average Bonchev–Trinajstić information content (AvgIpc) is 3.21. The van der Waals surface area contributed by atoms with Crippen LogP contribution in [0.1, 0.15) is 42.4 Å². The first-order valence-corrected chi connectivity index (χ1v) is 11.0. The summed E-state index contributed by atoms with van der Waals surface area (Å²) in [6, 6.07) is 16.1. The van der Waals surface area contributed by atoms with Crippen LogP contribution < -0.4 is 10.2 Å². The van der Waals surface area contributed by atoms with Crippen molar-refractivity contribution in [1.29, 1.82) is 0 Å². The lowest BCUT2D eigenvalue weighted by atomic mass is 9.85. The topological polar surface area (TPSA) is 90.0 Å². The molecule has 170 valence electrons. The highest BCUT2D eigenvalue weighted by atomic mass is 16.3. The first kappa shape index (κ1) is 23.3. The van der Waals surface area contributed by atoms with Gasteiger partial charge in [0.05, 0.1) is 0 Å². The zero-order valence-electron chi connectivity index (χ0n) is 18.7. The Morgan fingerprint density at radius 1 is 1.00 bits per heavy atom. The molecular formula is C25H31N3O4. The third-order valence-electron chi connectivity index (χ3n) is 6.26. The molecule has 3 amide bonds. The average molecular weight is 438 g/mol. The summed E-state index contributed by atoms with van der Waals surface area (Å²) in [6.07, 6.45) is 3.26. The van der Waals surface area contributed by atoms with Crippen molar-refractivity contribution in [3.05, 3.63) is 65.2 Å². The number of rotatable bonds is 3. The Morgan fingerprint density at radius 3 is 2.12 bits per heavy atom. The van der Waals surface area contributed by atoms with E-state index in [0.717, 1.165) is 36.9 Å². The molecular weight excluding hydrogens is 406 g/mol. The van der Waals surface area contributed by atoms with Crippen molar-refractivity contribution in [2.24, 2.45) is 0 Å². The number of hydrogen-bond donors (Lipinski definition) is 2. The van der Waals surface area contributed by atoms with Gasteiger partial charge in [-0.25, -0.2) is 4.79 Å². The Bertz CT molecular complexity index is 943. The number of nitrogens with one attached hydrogen (secondary N) is 1. The van der Waals surface area contributed by atoms with Crippen molar-refractivity contribution in [3.8, 4) is 0 Å². The monoisotopic (exact) mass is 437 g/mol. The van der Waals surface area contributed by atoms with Crippen molar-refractivity contribution < 1.29 is 19.5 Å². The van der Waals surface area contributed by atoms with E-state index in [9.17, 15) is 9.59 Å². The van der Waals surface area contributed by atoms with Gasteiger partial charge in [-0.05, 0) is 57.2 Å². The third kappa shape index (κ3) is 4.93. The number of carboxylic acid groups (broad SMARTS) is 1. The van der Waals surface area contributed by atoms with Crippen LogP contribution in [0.15, 0.2) is 48.5 Å². The fourth-order valence-electron chi connectivity index (χ4n) is 4.60. The van der Waals surface area contributed by atoms with E-state index in [-0.39, 0.29) is 18.4 Å². The molecule has 2 N–H and O–H groups in total. The standard InChI is InChI=1S/C24H29N3O2.CH2O2/c1-18-5-9-20(10-6-18)17-25-23(29)27-16-4-14-24(27)13-3-15-26(22(24)28)21-11-7-19(2)8-12-21;2-1-3/h5-12H,3-4,13-17H2,1-2H3,(H,25,29);1H,(H,2,3). The van der Waals surface area contributed by atoms with E-state index in [1.165, 1.54) is 11.1 Å². The second-order valence-electron chi connectivity index (χ2n) is 8.43. The molecule has 2 heterocycles. The van der Waals surface area contributed by atoms with Gasteiger partial charge in [0.25, 0.3) is 12.4 Å². The van der Waals surface area contributed by atoms with Gasteiger partial charge in [0.2, 0.25) is 0 Å². The molecule has 2 aromatic rings. The Labute approximate surface area is 189 Å². The van der Waals surface area contributed by atoms with E-state index < -0.39 is 5.54 Å². The van der Waals surface area contributed by atoms with E-state index in [2.05, 4.69) is 5.32 Å². The predicted octanol–water partition coefficient (Wildman–Crippen LogP) is 3.88. The second-order valence-corrected chi connectivity index (χ2v) is 8.43. The van der Waals surface area contributed by atoms with Crippen LogP contribution in [0.3, 0.4) is 0 Å². The summed E-state index contributed by atoms with van der Waals surface area (Å²) in [5.41, 5.74) is 3.65. The molecule has 4 rings (SSSR count). The molecule has 0 bridgehead atoms. The lowest BCUT2D eigenvalue weighted by Gasteiger charge is -2.44. The molecule has 2 aliphatic heterocycles. The van der Waals surface area contributed by atoms with Crippen LogP contribution in [-0.2, 0) is 16.1 Å². The van der Waals surface area contributed by atoms with Gasteiger partial charge in [0, 0.05) is 25.3 Å². The maximum Gasteiger partial charge on any atom is 0.318 e. The lowest BCUT2D eigenvalue weighted by Crippen LogP contribution is -2.63. The minimum atomic E-state index is -0.708. The number of nitrogens with zero attached hydrogens (tertiary/aromatic N) is 2.